The molecule has 14 heavy (non-hydrogen) atoms. The summed E-state index contributed by atoms with van der Waals surface area (Å²) in [6.07, 6.45) is 6.39. The molecule has 0 aliphatic heterocycles. The van der Waals surface area contributed by atoms with Gasteiger partial charge in [-0.1, -0.05) is 0 Å². The van der Waals surface area contributed by atoms with E-state index in [0.717, 1.165) is 10.0 Å². The highest BCUT2D eigenvalue weighted by molar-refractivity contribution is 9.10. The summed E-state index contributed by atoms with van der Waals surface area (Å²) >= 11 is 3.29. The van der Waals surface area contributed by atoms with Gasteiger partial charge in [0.25, 0.3) is 0 Å². The van der Waals surface area contributed by atoms with E-state index in [4.69, 9.17) is 4.74 Å². The van der Waals surface area contributed by atoms with Crippen LogP contribution in [0, 0.1) is 0 Å². The van der Waals surface area contributed by atoms with Gasteiger partial charge in [0.1, 0.15) is 0 Å². The lowest BCUT2D eigenvalue weighted by atomic mass is 10.2. The normalized spacial score (nSPS) is 10.4. The highest BCUT2D eigenvalue weighted by atomic mass is 79.9. The van der Waals surface area contributed by atoms with E-state index in [0.29, 0.717) is 6.61 Å². The van der Waals surface area contributed by atoms with Gasteiger partial charge in [0.15, 0.2) is 0 Å². The van der Waals surface area contributed by atoms with Crippen LogP contribution < -0.4 is 0 Å². The summed E-state index contributed by atoms with van der Waals surface area (Å²) in [6.45, 7) is 2.16. The predicted molar refractivity (Wildman–Crippen MR) is 57.6 cm³/mol. The number of carbonyl (C=O) groups excluding carboxylic acids is 1. The molecule has 0 fully saturated rings. The summed E-state index contributed by atoms with van der Waals surface area (Å²) in [6, 6.07) is 1.86. The van der Waals surface area contributed by atoms with Crippen molar-refractivity contribution in [2.24, 2.45) is 0 Å². The standard InChI is InChI=1S/C10H10BrNO2/c1-2-14-10(13)4-3-8-5-9(11)7-12-6-8/h3-7H,2H2,1H3. The van der Waals surface area contributed by atoms with Crippen LogP contribution in [0.25, 0.3) is 6.08 Å². The van der Waals surface area contributed by atoms with Gasteiger partial charge in [0.2, 0.25) is 0 Å². The van der Waals surface area contributed by atoms with Crippen molar-refractivity contribution >= 4 is 28.0 Å². The average molecular weight is 256 g/mol. The van der Waals surface area contributed by atoms with Crippen LogP contribution in [-0.4, -0.2) is 17.6 Å². The number of aromatic nitrogens is 1. The summed E-state index contributed by atoms with van der Waals surface area (Å²) in [7, 11) is 0. The first-order valence-corrected chi connectivity index (χ1v) is 4.97. The van der Waals surface area contributed by atoms with E-state index >= 15 is 0 Å². The summed E-state index contributed by atoms with van der Waals surface area (Å²) in [5, 5.41) is 0. The first-order valence-electron chi connectivity index (χ1n) is 4.17. The van der Waals surface area contributed by atoms with Crippen molar-refractivity contribution in [3.05, 3.63) is 34.6 Å². The number of esters is 1. The monoisotopic (exact) mass is 255 g/mol. The van der Waals surface area contributed by atoms with E-state index in [9.17, 15) is 4.79 Å². The summed E-state index contributed by atoms with van der Waals surface area (Å²) in [5.41, 5.74) is 0.854. The lowest BCUT2D eigenvalue weighted by Crippen LogP contribution is -1.98. The molecule has 4 heteroatoms. The Hall–Kier alpha value is -1.16. The van der Waals surface area contributed by atoms with Crippen LogP contribution in [0.5, 0.6) is 0 Å². The molecule has 0 aromatic carbocycles. The molecule has 1 heterocycles. The van der Waals surface area contributed by atoms with Gasteiger partial charge in [-0.25, -0.2) is 4.79 Å². The van der Waals surface area contributed by atoms with Crippen LogP contribution in [-0.2, 0) is 9.53 Å². The van der Waals surface area contributed by atoms with Crippen molar-refractivity contribution < 1.29 is 9.53 Å². The van der Waals surface area contributed by atoms with Crippen LogP contribution in [0.2, 0.25) is 0 Å². The number of carbonyl (C=O) groups is 1. The molecule has 1 aromatic rings. The maximum Gasteiger partial charge on any atom is 0.330 e. The second-order valence-electron chi connectivity index (χ2n) is 2.52. The third-order valence-electron chi connectivity index (χ3n) is 1.42. The Morgan fingerprint density at radius 1 is 1.64 bits per heavy atom. The fourth-order valence-corrected chi connectivity index (χ4v) is 1.26. The molecule has 0 radical (unpaired) electrons. The summed E-state index contributed by atoms with van der Waals surface area (Å²) in [5.74, 6) is -0.340. The SMILES string of the molecule is CCOC(=O)C=Cc1cncc(Br)c1. The third-order valence-corrected chi connectivity index (χ3v) is 1.86. The van der Waals surface area contributed by atoms with Crippen molar-refractivity contribution in [3.63, 3.8) is 0 Å². The zero-order valence-corrected chi connectivity index (χ0v) is 9.32. The predicted octanol–water partition coefficient (Wildman–Crippen LogP) is 2.42. The Bertz CT molecular complexity index is 350. The topological polar surface area (TPSA) is 39.2 Å². The van der Waals surface area contributed by atoms with Gasteiger partial charge in [-0.3, -0.25) is 4.98 Å². The first-order chi connectivity index (χ1) is 6.72. The van der Waals surface area contributed by atoms with Crippen LogP contribution >= 0.6 is 15.9 Å². The van der Waals surface area contributed by atoms with Crippen LogP contribution in [0.15, 0.2) is 29.0 Å². The fraction of sp³-hybridized carbons (Fsp3) is 0.200. The lowest BCUT2D eigenvalue weighted by Gasteiger charge is -1.95. The van der Waals surface area contributed by atoms with Gasteiger partial charge in [-0.2, -0.15) is 0 Å². The minimum absolute atomic E-state index is 0.340. The maximum absolute atomic E-state index is 11.0. The van der Waals surface area contributed by atoms with E-state index in [1.807, 2.05) is 6.07 Å². The van der Waals surface area contributed by atoms with Crippen LogP contribution in [0.3, 0.4) is 0 Å². The van der Waals surface area contributed by atoms with E-state index in [1.165, 1.54) is 6.08 Å². The highest BCUT2D eigenvalue weighted by Gasteiger charge is 1.94. The molecule has 0 bridgehead atoms. The van der Waals surface area contributed by atoms with Gasteiger partial charge in [0, 0.05) is 22.9 Å². The molecule has 0 N–H and O–H groups in total. The van der Waals surface area contributed by atoms with Crippen molar-refractivity contribution in [2.75, 3.05) is 6.61 Å². The Kier molecular flexibility index (Phi) is 4.32. The molecule has 0 saturated carbocycles. The Morgan fingerprint density at radius 2 is 2.43 bits per heavy atom. The van der Waals surface area contributed by atoms with Crippen molar-refractivity contribution in [1.82, 2.24) is 4.98 Å². The molecule has 0 aliphatic carbocycles. The molecular formula is C10H10BrNO2. The minimum Gasteiger partial charge on any atom is -0.463 e. The Balaban J connectivity index is 2.64. The van der Waals surface area contributed by atoms with Gasteiger partial charge in [-0.15, -0.1) is 0 Å². The van der Waals surface area contributed by atoms with Crippen LogP contribution in [0.1, 0.15) is 12.5 Å². The zero-order valence-electron chi connectivity index (χ0n) is 7.74. The van der Waals surface area contributed by atoms with E-state index in [2.05, 4.69) is 20.9 Å². The molecule has 0 atom stereocenters. The number of hydrogen-bond donors (Lipinski definition) is 0. The van der Waals surface area contributed by atoms with Gasteiger partial charge in [0.05, 0.1) is 6.61 Å². The molecule has 0 aliphatic rings. The molecular weight excluding hydrogens is 246 g/mol. The lowest BCUT2D eigenvalue weighted by molar-refractivity contribution is -0.137. The second-order valence-corrected chi connectivity index (χ2v) is 3.44. The van der Waals surface area contributed by atoms with Gasteiger partial charge in [-0.05, 0) is 40.6 Å². The molecule has 0 amide bonds. The molecule has 1 rings (SSSR count). The molecule has 0 saturated heterocycles. The van der Waals surface area contributed by atoms with Gasteiger partial charge < -0.3 is 4.74 Å². The minimum atomic E-state index is -0.340. The maximum atomic E-state index is 11.0. The Labute approximate surface area is 90.9 Å². The van der Waals surface area contributed by atoms with E-state index in [-0.39, 0.29) is 5.97 Å². The first kappa shape index (κ1) is 10.9. The number of nitrogens with zero attached hydrogens (tertiary/aromatic N) is 1. The summed E-state index contributed by atoms with van der Waals surface area (Å²) < 4.78 is 5.61. The molecule has 1 aromatic heterocycles. The summed E-state index contributed by atoms with van der Waals surface area (Å²) in [4.78, 5) is 14.9. The highest BCUT2D eigenvalue weighted by Crippen LogP contribution is 2.10. The smallest absolute Gasteiger partial charge is 0.330 e. The van der Waals surface area contributed by atoms with Crippen molar-refractivity contribution in [2.45, 2.75) is 6.92 Å². The number of hydrogen-bond acceptors (Lipinski definition) is 3. The largest absolute Gasteiger partial charge is 0.463 e. The zero-order chi connectivity index (χ0) is 10.4. The Morgan fingerprint density at radius 3 is 3.07 bits per heavy atom. The average Bonchev–Trinajstić information content (AvgIpc) is 2.15. The number of rotatable bonds is 3. The molecule has 74 valence electrons. The second kappa shape index (κ2) is 5.54. The van der Waals surface area contributed by atoms with Gasteiger partial charge >= 0.3 is 5.97 Å². The van der Waals surface area contributed by atoms with E-state index in [1.54, 1.807) is 25.4 Å². The fourth-order valence-electron chi connectivity index (χ4n) is 0.874. The number of ether oxygens (including phenoxy) is 1. The molecule has 3 nitrogen and oxygen atoms in total. The van der Waals surface area contributed by atoms with E-state index < -0.39 is 0 Å². The third kappa shape index (κ3) is 3.70. The van der Waals surface area contributed by atoms with Crippen molar-refractivity contribution in [3.8, 4) is 0 Å². The van der Waals surface area contributed by atoms with Crippen LogP contribution in [0.4, 0.5) is 0 Å². The van der Waals surface area contributed by atoms with Crippen molar-refractivity contribution in [1.29, 1.82) is 0 Å². The number of halogens is 1. The quantitative estimate of drug-likeness (QED) is 0.615. The molecule has 0 unspecified atom stereocenters. The number of pyridine rings is 1. The molecule has 0 spiro atoms.